The maximum absolute atomic E-state index is 12.4. The third-order valence-corrected chi connectivity index (χ3v) is 2.40. The quantitative estimate of drug-likeness (QED) is 0.768. The molecule has 0 aliphatic carbocycles. The number of hydrogen-bond donors (Lipinski definition) is 2. The van der Waals surface area contributed by atoms with Crippen LogP contribution in [0.3, 0.4) is 0 Å². The second-order valence-corrected chi connectivity index (χ2v) is 3.37. The minimum atomic E-state index is -0.414. The fraction of sp³-hybridized carbons (Fsp3) is 0.273. The molecule has 2 nitrogen and oxygen atoms in total. The van der Waals surface area contributed by atoms with E-state index < -0.39 is 6.67 Å². The standard InChI is InChI=1S/C11H13FN2/c12-6-8-1-2-11-10(5-8)9(3-4-13)7-14-11/h1-2,5,7,14H,3-4,6,13H2. The van der Waals surface area contributed by atoms with Gasteiger partial charge in [0, 0.05) is 17.1 Å². The molecule has 0 radical (unpaired) electrons. The fourth-order valence-corrected chi connectivity index (χ4v) is 1.67. The van der Waals surface area contributed by atoms with Crippen LogP contribution in [0.25, 0.3) is 10.9 Å². The summed E-state index contributed by atoms with van der Waals surface area (Å²) in [6, 6.07) is 5.59. The maximum atomic E-state index is 12.4. The van der Waals surface area contributed by atoms with E-state index in [1.165, 1.54) is 0 Å². The monoisotopic (exact) mass is 192 g/mol. The van der Waals surface area contributed by atoms with Crippen LogP contribution in [0.2, 0.25) is 0 Å². The largest absolute Gasteiger partial charge is 0.361 e. The molecule has 0 saturated carbocycles. The summed E-state index contributed by atoms with van der Waals surface area (Å²) in [5.41, 5.74) is 8.42. The number of fused-ring (bicyclic) bond motifs is 1. The van der Waals surface area contributed by atoms with Gasteiger partial charge in [0.1, 0.15) is 6.67 Å². The molecule has 0 atom stereocenters. The minimum Gasteiger partial charge on any atom is -0.361 e. The highest BCUT2D eigenvalue weighted by Gasteiger charge is 2.03. The van der Waals surface area contributed by atoms with Gasteiger partial charge in [-0.15, -0.1) is 0 Å². The predicted octanol–water partition coefficient (Wildman–Crippen LogP) is 2.14. The molecule has 14 heavy (non-hydrogen) atoms. The Morgan fingerprint density at radius 3 is 2.93 bits per heavy atom. The van der Waals surface area contributed by atoms with E-state index in [0.29, 0.717) is 6.54 Å². The number of rotatable bonds is 3. The summed E-state index contributed by atoms with van der Waals surface area (Å²) in [5, 5.41) is 1.09. The van der Waals surface area contributed by atoms with Crippen LogP contribution in [0, 0.1) is 0 Å². The lowest BCUT2D eigenvalue weighted by Gasteiger charge is -1.98. The van der Waals surface area contributed by atoms with Gasteiger partial charge in [-0.3, -0.25) is 0 Å². The zero-order valence-electron chi connectivity index (χ0n) is 7.89. The molecule has 0 amide bonds. The topological polar surface area (TPSA) is 41.8 Å². The minimum absolute atomic E-state index is 0.414. The summed E-state index contributed by atoms with van der Waals surface area (Å²) in [7, 11) is 0. The van der Waals surface area contributed by atoms with Crippen molar-refractivity contribution in [3.63, 3.8) is 0 Å². The lowest BCUT2D eigenvalue weighted by Crippen LogP contribution is -2.01. The van der Waals surface area contributed by atoms with Crippen molar-refractivity contribution < 1.29 is 4.39 Å². The number of H-pyrrole nitrogens is 1. The highest BCUT2D eigenvalue weighted by molar-refractivity contribution is 5.83. The Hall–Kier alpha value is -1.35. The number of nitrogens with two attached hydrogens (primary N) is 1. The lowest BCUT2D eigenvalue weighted by molar-refractivity contribution is 0.485. The molecule has 3 heteroatoms. The van der Waals surface area contributed by atoms with Gasteiger partial charge in [-0.25, -0.2) is 4.39 Å². The van der Waals surface area contributed by atoms with Gasteiger partial charge in [-0.2, -0.15) is 0 Å². The summed E-state index contributed by atoms with van der Waals surface area (Å²) in [5.74, 6) is 0. The maximum Gasteiger partial charge on any atom is 0.115 e. The Bertz CT molecular complexity index is 434. The van der Waals surface area contributed by atoms with Crippen molar-refractivity contribution >= 4 is 10.9 Å². The first-order valence-corrected chi connectivity index (χ1v) is 4.70. The Balaban J connectivity index is 2.52. The third-order valence-electron chi connectivity index (χ3n) is 2.40. The second kappa shape index (κ2) is 3.80. The Morgan fingerprint density at radius 1 is 1.36 bits per heavy atom. The predicted molar refractivity (Wildman–Crippen MR) is 55.9 cm³/mol. The Labute approximate surface area is 81.9 Å². The Morgan fingerprint density at radius 2 is 2.21 bits per heavy atom. The van der Waals surface area contributed by atoms with E-state index in [1.54, 1.807) is 6.07 Å². The average molecular weight is 192 g/mol. The average Bonchev–Trinajstić information content (AvgIpc) is 2.61. The molecule has 2 aromatic rings. The van der Waals surface area contributed by atoms with E-state index in [1.807, 2.05) is 18.3 Å². The van der Waals surface area contributed by atoms with Gasteiger partial charge in [-0.1, -0.05) is 6.07 Å². The van der Waals surface area contributed by atoms with Gasteiger partial charge in [-0.05, 0) is 36.2 Å². The number of nitrogens with one attached hydrogen (secondary N) is 1. The van der Waals surface area contributed by atoms with Crippen molar-refractivity contribution in [3.05, 3.63) is 35.5 Å². The summed E-state index contributed by atoms with van der Waals surface area (Å²) < 4.78 is 12.4. The van der Waals surface area contributed by atoms with Crippen molar-refractivity contribution in [2.75, 3.05) is 6.54 Å². The molecular formula is C11H13FN2. The number of alkyl halides is 1. The first-order valence-electron chi connectivity index (χ1n) is 4.70. The number of halogens is 1. The molecular weight excluding hydrogens is 179 g/mol. The zero-order valence-corrected chi connectivity index (χ0v) is 7.89. The first-order chi connectivity index (χ1) is 6.85. The number of aromatic nitrogens is 1. The zero-order chi connectivity index (χ0) is 9.97. The first kappa shape index (κ1) is 9.21. The summed E-state index contributed by atoms with van der Waals surface area (Å²) >= 11 is 0. The lowest BCUT2D eigenvalue weighted by atomic mass is 10.1. The number of benzene rings is 1. The van der Waals surface area contributed by atoms with Gasteiger partial charge in [0.05, 0.1) is 0 Å². The fourth-order valence-electron chi connectivity index (χ4n) is 1.67. The van der Waals surface area contributed by atoms with Crippen LogP contribution in [0.4, 0.5) is 4.39 Å². The normalized spacial score (nSPS) is 11.0. The van der Waals surface area contributed by atoms with Gasteiger partial charge >= 0.3 is 0 Å². The molecule has 74 valence electrons. The van der Waals surface area contributed by atoms with E-state index in [4.69, 9.17) is 5.73 Å². The van der Waals surface area contributed by atoms with Crippen molar-refractivity contribution in [3.8, 4) is 0 Å². The molecule has 0 unspecified atom stereocenters. The van der Waals surface area contributed by atoms with E-state index in [-0.39, 0.29) is 0 Å². The SMILES string of the molecule is NCCc1c[nH]c2ccc(CF)cc12. The number of hydrogen-bond acceptors (Lipinski definition) is 1. The summed E-state index contributed by atoms with van der Waals surface area (Å²) in [6.45, 7) is 0.204. The van der Waals surface area contributed by atoms with Gasteiger partial charge in [0.2, 0.25) is 0 Å². The molecule has 0 saturated heterocycles. The molecule has 3 N–H and O–H groups in total. The van der Waals surface area contributed by atoms with Gasteiger partial charge in [0.25, 0.3) is 0 Å². The molecule has 1 aromatic carbocycles. The molecule has 1 heterocycles. The van der Waals surface area contributed by atoms with Crippen LogP contribution < -0.4 is 5.73 Å². The van der Waals surface area contributed by atoms with Crippen LogP contribution in [0.1, 0.15) is 11.1 Å². The van der Waals surface area contributed by atoms with Gasteiger partial charge < -0.3 is 10.7 Å². The van der Waals surface area contributed by atoms with Crippen molar-refractivity contribution in [1.29, 1.82) is 0 Å². The van der Waals surface area contributed by atoms with Crippen LogP contribution in [0.15, 0.2) is 24.4 Å². The molecule has 0 fully saturated rings. The highest BCUT2D eigenvalue weighted by Crippen LogP contribution is 2.20. The van der Waals surface area contributed by atoms with E-state index in [9.17, 15) is 4.39 Å². The van der Waals surface area contributed by atoms with Crippen LogP contribution in [0.5, 0.6) is 0 Å². The van der Waals surface area contributed by atoms with Crippen molar-refractivity contribution in [1.82, 2.24) is 4.98 Å². The molecule has 2 rings (SSSR count). The van der Waals surface area contributed by atoms with Crippen molar-refractivity contribution in [2.24, 2.45) is 5.73 Å². The Kier molecular flexibility index (Phi) is 2.50. The van der Waals surface area contributed by atoms with E-state index in [2.05, 4.69) is 4.98 Å². The smallest absolute Gasteiger partial charge is 0.115 e. The van der Waals surface area contributed by atoms with E-state index in [0.717, 1.165) is 28.5 Å². The van der Waals surface area contributed by atoms with Gasteiger partial charge in [0.15, 0.2) is 0 Å². The third kappa shape index (κ3) is 1.51. The molecule has 0 aliphatic rings. The molecule has 0 spiro atoms. The van der Waals surface area contributed by atoms with Crippen LogP contribution >= 0.6 is 0 Å². The highest BCUT2D eigenvalue weighted by atomic mass is 19.1. The molecule has 0 bridgehead atoms. The molecule has 0 aliphatic heterocycles. The van der Waals surface area contributed by atoms with Crippen LogP contribution in [-0.2, 0) is 13.1 Å². The summed E-state index contributed by atoms with van der Waals surface area (Å²) in [6.07, 6.45) is 2.77. The van der Waals surface area contributed by atoms with Crippen molar-refractivity contribution in [2.45, 2.75) is 13.1 Å². The van der Waals surface area contributed by atoms with Crippen LogP contribution in [-0.4, -0.2) is 11.5 Å². The molecule has 1 aromatic heterocycles. The summed E-state index contributed by atoms with van der Waals surface area (Å²) in [4.78, 5) is 3.15. The van der Waals surface area contributed by atoms with E-state index >= 15 is 0 Å². The second-order valence-electron chi connectivity index (χ2n) is 3.37. The number of aromatic amines is 1.